The quantitative estimate of drug-likeness (QED) is 0.0383. The number of rotatable bonds is 25. The number of carboxylic acid groups (broad SMARTS) is 1. The van der Waals surface area contributed by atoms with Crippen LogP contribution >= 0.6 is 0 Å². The van der Waals surface area contributed by atoms with Crippen LogP contribution in [0.2, 0.25) is 0 Å². The number of nitrogens with zero attached hydrogens (tertiary/aromatic N) is 1. The van der Waals surface area contributed by atoms with Crippen molar-refractivity contribution in [3.05, 3.63) is 65.9 Å². The average molecular weight is 922 g/mol. The first-order valence-electron chi connectivity index (χ1n) is 20.9. The number of nitrogens with one attached hydrogen (secondary N) is 7. The zero-order valence-corrected chi connectivity index (χ0v) is 35.7. The van der Waals surface area contributed by atoms with E-state index in [0.717, 1.165) is 15.8 Å². The molecule has 24 nitrogen and oxygen atoms in total. The molecule has 0 aliphatic carbocycles. The number of carboxylic acids is 1. The third-order valence-corrected chi connectivity index (χ3v) is 10.6. The van der Waals surface area contributed by atoms with E-state index in [0.29, 0.717) is 17.5 Å². The number of benzene rings is 2. The van der Waals surface area contributed by atoms with E-state index in [1.165, 1.54) is 24.3 Å². The molecule has 1 aromatic heterocycles. The van der Waals surface area contributed by atoms with Gasteiger partial charge in [0.15, 0.2) is 0 Å². The maximum atomic E-state index is 13.5. The van der Waals surface area contributed by atoms with Crippen molar-refractivity contribution in [2.24, 2.45) is 17.2 Å². The second-order valence-corrected chi connectivity index (χ2v) is 15.6. The normalized spacial score (nSPS) is 15.5. The Balaban J connectivity index is 1.32. The lowest BCUT2D eigenvalue weighted by molar-refractivity contribution is -0.145. The fourth-order valence-corrected chi connectivity index (χ4v) is 7.07. The molecule has 0 radical (unpaired) electrons. The van der Waals surface area contributed by atoms with Gasteiger partial charge in [0, 0.05) is 49.3 Å². The lowest BCUT2D eigenvalue weighted by atomic mass is 10.0. The Bertz CT molecular complexity index is 2270. The number of likely N-dealkylation sites (tertiary alicyclic amines) is 1. The molecule has 0 saturated carbocycles. The van der Waals surface area contributed by atoms with Crippen molar-refractivity contribution in [1.82, 2.24) is 41.8 Å². The molecule has 2 aromatic carbocycles. The van der Waals surface area contributed by atoms with Gasteiger partial charge in [-0.3, -0.25) is 43.2 Å². The van der Waals surface area contributed by atoms with Crippen LogP contribution in [0.5, 0.6) is 5.75 Å². The number of aliphatic hydroxyl groups is 1. The third kappa shape index (κ3) is 15.3. The van der Waals surface area contributed by atoms with Gasteiger partial charge in [-0.15, -0.1) is 0 Å². The summed E-state index contributed by atoms with van der Waals surface area (Å²) in [6.45, 7) is -2.27. The van der Waals surface area contributed by atoms with Crippen molar-refractivity contribution in [3.8, 4) is 5.75 Å². The Morgan fingerprint density at radius 3 is 2.05 bits per heavy atom. The van der Waals surface area contributed by atoms with Crippen LogP contribution in [0.15, 0.2) is 54.7 Å². The van der Waals surface area contributed by atoms with Gasteiger partial charge in [-0.25, -0.2) is 4.79 Å². The number of H-pyrrole nitrogens is 1. The summed E-state index contributed by atoms with van der Waals surface area (Å²) in [7, 11) is 0. The molecule has 6 atom stereocenters. The summed E-state index contributed by atoms with van der Waals surface area (Å²) < 4.78 is 0. The number of aromatic nitrogens is 1. The monoisotopic (exact) mass is 921 g/mol. The molecular formula is C42H55N11O13. The molecule has 0 spiro atoms. The molecule has 4 rings (SSSR count). The van der Waals surface area contributed by atoms with E-state index in [9.17, 15) is 63.3 Å². The first-order valence-corrected chi connectivity index (χ1v) is 20.9. The van der Waals surface area contributed by atoms with E-state index >= 15 is 0 Å². The zero-order chi connectivity index (χ0) is 48.5. The maximum absolute atomic E-state index is 13.5. The van der Waals surface area contributed by atoms with E-state index in [4.69, 9.17) is 17.2 Å². The summed E-state index contributed by atoms with van der Waals surface area (Å²) in [5.41, 5.74) is 18.1. The van der Waals surface area contributed by atoms with Crippen molar-refractivity contribution in [2.75, 3.05) is 26.2 Å². The molecule has 356 valence electrons. The van der Waals surface area contributed by atoms with Gasteiger partial charge in [0.25, 0.3) is 0 Å². The molecule has 1 aliphatic heterocycles. The second-order valence-electron chi connectivity index (χ2n) is 15.6. The molecule has 1 saturated heterocycles. The Labute approximate surface area is 377 Å². The molecule has 66 heavy (non-hydrogen) atoms. The highest BCUT2D eigenvalue weighted by Gasteiger charge is 2.39. The van der Waals surface area contributed by atoms with E-state index in [-0.39, 0.29) is 57.2 Å². The third-order valence-electron chi connectivity index (χ3n) is 10.6. The molecule has 1 aliphatic rings. The first-order chi connectivity index (χ1) is 31.4. The molecule has 1 fully saturated rings. The standard InChI is InChI=1S/C42H55N11O13/c43-26(11-13-33(44)56)37(60)50-28(12-14-34(45)57)39(62)51-29(16-22-7-9-24(55)10-8-22)38(61)48-19-35(58)47-20-36(59)49-31(21-54)41(64)53-15-3-6-32(53)40(63)52-30(42(65)66)17-23-18-46-27-5-2-1-4-25(23)27/h1-2,4-5,7-10,18,26,28-32,46,54-55H,3,6,11-17,19-21,43H2,(H2,44,56)(H2,45,57)(H,47,58)(H,48,61)(H,49,59)(H,50,60)(H,51,62)(H,52,63)(H,65,66)/t26-,28-,29-,30-,31-,32-/m0/s1. The van der Waals surface area contributed by atoms with Crippen molar-refractivity contribution in [3.63, 3.8) is 0 Å². The van der Waals surface area contributed by atoms with E-state index in [1.807, 2.05) is 18.2 Å². The molecule has 3 aromatic rings. The van der Waals surface area contributed by atoms with Crippen LogP contribution in [-0.2, 0) is 60.8 Å². The molecule has 2 heterocycles. The van der Waals surface area contributed by atoms with E-state index in [1.54, 1.807) is 12.3 Å². The molecule has 0 unspecified atom stereocenters. The van der Waals surface area contributed by atoms with Crippen LogP contribution in [-0.4, -0.2) is 147 Å². The number of hydrogen-bond donors (Lipinski definition) is 13. The number of aromatic hydroxyl groups is 1. The average Bonchev–Trinajstić information content (AvgIpc) is 3.95. The smallest absolute Gasteiger partial charge is 0.326 e. The van der Waals surface area contributed by atoms with Gasteiger partial charge >= 0.3 is 5.97 Å². The van der Waals surface area contributed by atoms with Gasteiger partial charge in [0.2, 0.25) is 53.2 Å². The lowest BCUT2D eigenvalue weighted by Crippen LogP contribution is -2.57. The van der Waals surface area contributed by atoms with Gasteiger partial charge in [-0.1, -0.05) is 30.3 Å². The fraction of sp³-hybridized carbons (Fsp3) is 0.429. The van der Waals surface area contributed by atoms with Crippen molar-refractivity contribution >= 4 is 70.0 Å². The number of carbonyl (C=O) groups excluding carboxylic acids is 9. The molecule has 16 N–H and O–H groups in total. The number of amides is 9. The fourth-order valence-electron chi connectivity index (χ4n) is 7.07. The minimum Gasteiger partial charge on any atom is -0.508 e. The summed E-state index contributed by atoms with van der Waals surface area (Å²) in [4.78, 5) is 131. The van der Waals surface area contributed by atoms with Crippen LogP contribution in [0.25, 0.3) is 10.9 Å². The van der Waals surface area contributed by atoms with Crippen LogP contribution in [0.3, 0.4) is 0 Å². The minimum absolute atomic E-state index is 0.0486. The predicted octanol–water partition coefficient (Wildman–Crippen LogP) is -4.24. The number of aromatic amines is 1. The Kier molecular flexibility index (Phi) is 18.9. The molecule has 9 amide bonds. The van der Waals surface area contributed by atoms with Crippen molar-refractivity contribution in [1.29, 1.82) is 0 Å². The topological polar surface area (TPSA) is 401 Å². The van der Waals surface area contributed by atoms with E-state index < -0.39 is 115 Å². The Morgan fingerprint density at radius 2 is 1.38 bits per heavy atom. The number of primary amides is 2. The number of aliphatic hydroxyl groups excluding tert-OH is 1. The zero-order valence-electron chi connectivity index (χ0n) is 35.7. The number of para-hydroxylation sites is 1. The highest BCUT2D eigenvalue weighted by atomic mass is 16.4. The van der Waals surface area contributed by atoms with Crippen molar-refractivity contribution < 1.29 is 63.3 Å². The number of nitrogens with two attached hydrogens (primary N) is 3. The highest BCUT2D eigenvalue weighted by molar-refractivity contribution is 5.97. The summed E-state index contributed by atoms with van der Waals surface area (Å²) >= 11 is 0. The van der Waals surface area contributed by atoms with Gasteiger partial charge in [-0.05, 0) is 55.0 Å². The van der Waals surface area contributed by atoms with Gasteiger partial charge in [0.1, 0.15) is 36.0 Å². The van der Waals surface area contributed by atoms with Crippen LogP contribution in [0, 0.1) is 0 Å². The number of hydrogen-bond acceptors (Lipinski definition) is 13. The van der Waals surface area contributed by atoms with Gasteiger partial charge < -0.3 is 74.3 Å². The number of aliphatic carboxylic acids is 1. The summed E-state index contributed by atoms with van der Waals surface area (Å²) in [6, 6.07) is 4.73. The van der Waals surface area contributed by atoms with Crippen LogP contribution in [0.4, 0.5) is 0 Å². The Morgan fingerprint density at radius 1 is 0.727 bits per heavy atom. The summed E-state index contributed by atoms with van der Waals surface area (Å²) in [6.07, 6.45) is 0.937. The van der Waals surface area contributed by atoms with Gasteiger partial charge in [0.05, 0.1) is 25.7 Å². The highest BCUT2D eigenvalue weighted by Crippen LogP contribution is 2.22. The number of phenolic OH excluding ortho intramolecular Hbond substituents is 1. The van der Waals surface area contributed by atoms with Crippen LogP contribution < -0.4 is 49.1 Å². The minimum atomic E-state index is -1.55. The Hall–Kier alpha value is -7.60. The predicted molar refractivity (Wildman–Crippen MR) is 232 cm³/mol. The van der Waals surface area contributed by atoms with E-state index in [2.05, 4.69) is 36.9 Å². The van der Waals surface area contributed by atoms with Gasteiger partial charge in [-0.2, -0.15) is 0 Å². The molecule has 24 heteroatoms. The van der Waals surface area contributed by atoms with Crippen LogP contribution in [0.1, 0.15) is 49.7 Å². The molecule has 0 bridgehead atoms. The lowest BCUT2D eigenvalue weighted by Gasteiger charge is -2.28. The second kappa shape index (κ2) is 24.5. The SMILES string of the molecule is NC(=O)CC[C@H](NC(=O)[C@@H](N)CCC(N)=O)C(=O)N[C@@H](Cc1ccc(O)cc1)C(=O)NCC(=O)NCC(=O)N[C@@H](CO)C(=O)N1CCC[C@H]1C(=O)N[C@@H](Cc1c[nH]c2ccccc12)C(=O)O. The van der Waals surface area contributed by atoms with Crippen molar-refractivity contribution in [2.45, 2.75) is 87.6 Å². The number of carbonyl (C=O) groups is 10. The maximum Gasteiger partial charge on any atom is 0.326 e. The number of fused-ring (bicyclic) bond motifs is 1. The first kappa shape index (κ1) is 51.0. The molecular weight excluding hydrogens is 867 g/mol. The number of phenols is 1. The summed E-state index contributed by atoms with van der Waals surface area (Å²) in [5, 5.41) is 44.7. The summed E-state index contributed by atoms with van der Waals surface area (Å²) in [5.74, 6) is -8.98. The largest absolute Gasteiger partial charge is 0.508 e.